The lowest BCUT2D eigenvalue weighted by Gasteiger charge is -2.07. The van der Waals surface area contributed by atoms with Crippen LogP contribution >= 0.6 is 0 Å². The Hall–Kier alpha value is -2.10. The number of hydrogen-bond acceptors (Lipinski definition) is 2. The lowest BCUT2D eigenvalue weighted by atomic mass is 9.98. The van der Waals surface area contributed by atoms with Crippen LogP contribution < -0.4 is 0 Å². The molecule has 0 aliphatic carbocycles. The van der Waals surface area contributed by atoms with E-state index in [1.165, 1.54) is 0 Å². The van der Waals surface area contributed by atoms with Gasteiger partial charge < -0.3 is 9.67 Å². The van der Waals surface area contributed by atoms with Crippen molar-refractivity contribution in [3.05, 3.63) is 35.0 Å². The highest BCUT2D eigenvalue weighted by Crippen LogP contribution is 2.26. The lowest BCUT2D eigenvalue weighted by Crippen LogP contribution is -1.98. The van der Waals surface area contributed by atoms with Gasteiger partial charge in [-0.15, -0.1) is 0 Å². The number of benzene rings is 1. The number of unbranched alkanes of at least 4 members (excludes halogenated alkanes) is 1. The van der Waals surface area contributed by atoms with E-state index < -0.39 is 5.97 Å². The van der Waals surface area contributed by atoms with Crippen LogP contribution in [0.15, 0.2) is 18.2 Å². The Kier molecular flexibility index (Phi) is 4.23. The molecule has 0 saturated heterocycles. The number of fused-ring (bicyclic) bond motifs is 1. The lowest BCUT2D eigenvalue weighted by molar-refractivity contribution is -0.137. The average molecular weight is 273 g/mol. The summed E-state index contributed by atoms with van der Waals surface area (Å²) < 4.78 is 2.10. The number of aliphatic carboxylic acids is 1. The quantitative estimate of drug-likeness (QED) is 0.650. The Balaban J connectivity index is 2.31. The van der Waals surface area contributed by atoms with Crippen LogP contribution in [0.3, 0.4) is 0 Å². The fourth-order valence-electron chi connectivity index (χ4n) is 2.59. The van der Waals surface area contributed by atoms with Crippen molar-refractivity contribution in [1.82, 2.24) is 4.57 Å². The van der Waals surface area contributed by atoms with Gasteiger partial charge in [0.15, 0.2) is 0 Å². The third-order valence-corrected chi connectivity index (χ3v) is 3.81. The Labute approximate surface area is 118 Å². The van der Waals surface area contributed by atoms with E-state index in [1.807, 2.05) is 26.1 Å². The summed E-state index contributed by atoms with van der Waals surface area (Å²) in [5.41, 5.74) is 4.00. The molecule has 0 unspecified atom stereocenters. The highest BCUT2D eigenvalue weighted by Gasteiger charge is 2.11. The van der Waals surface area contributed by atoms with Gasteiger partial charge in [0.25, 0.3) is 0 Å². The van der Waals surface area contributed by atoms with E-state index in [0.29, 0.717) is 12.0 Å². The van der Waals surface area contributed by atoms with Crippen molar-refractivity contribution in [2.24, 2.45) is 7.05 Å². The first kappa shape index (κ1) is 14.3. The van der Waals surface area contributed by atoms with Gasteiger partial charge in [0.05, 0.1) is 0 Å². The predicted octanol–water partition coefficient (Wildman–Crippen LogP) is 3.10. The van der Waals surface area contributed by atoms with Crippen molar-refractivity contribution in [2.45, 2.75) is 32.6 Å². The molecule has 0 radical (unpaired) electrons. The highest BCUT2D eigenvalue weighted by molar-refractivity contribution is 5.92. The molecular formula is C16H19NO3. The van der Waals surface area contributed by atoms with E-state index >= 15 is 0 Å². The van der Waals surface area contributed by atoms with Crippen molar-refractivity contribution in [3.63, 3.8) is 0 Å². The summed E-state index contributed by atoms with van der Waals surface area (Å²) in [6.45, 7) is 2.04. The SMILES string of the molecule is Cc1cc2c(CCCCC(=O)O)c(C=O)ccc2n1C. The normalized spacial score (nSPS) is 10.9. The minimum Gasteiger partial charge on any atom is -0.481 e. The van der Waals surface area contributed by atoms with Gasteiger partial charge in [0.1, 0.15) is 6.29 Å². The number of carbonyl (C=O) groups is 2. The molecule has 0 amide bonds. The second-order valence-corrected chi connectivity index (χ2v) is 5.13. The van der Waals surface area contributed by atoms with Crippen molar-refractivity contribution < 1.29 is 14.7 Å². The fraction of sp³-hybridized carbons (Fsp3) is 0.375. The van der Waals surface area contributed by atoms with Crippen LogP contribution in [0.4, 0.5) is 0 Å². The van der Waals surface area contributed by atoms with Crippen LogP contribution in [0, 0.1) is 6.92 Å². The molecule has 0 bridgehead atoms. The van der Waals surface area contributed by atoms with E-state index in [4.69, 9.17) is 5.11 Å². The van der Waals surface area contributed by atoms with Gasteiger partial charge in [-0.05, 0) is 49.9 Å². The Morgan fingerprint density at radius 2 is 2.10 bits per heavy atom. The first-order valence-electron chi connectivity index (χ1n) is 6.79. The zero-order valence-corrected chi connectivity index (χ0v) is 11.8. The summed E-state index contributed by atoms with van der Waals surface area (Å²) in [5, 5.41) is 9.77. The molecule has 1 aromatic heterocycles. The van der Waals surface area contributed by atoms with Gasteiger partial charge in [0, 0.05) is 35.6 Å². The molecule has 4 heteroatoms. The van der Waals surface area contributed by atoms with Crippen molar-refractivity contribution in [3.8, 4) is 0 Å². The molecule has 0 saturated carbocycles. The van der Waals surface area contributed by atoms with Crippen LogP contribution in [-0.4, -0.2) is 21.9 Å². The maximum absolute atomic E-state index is 11.2. The van der Waals surface area contributed by atoms with Crippen LogP contribution in [0.1, 0.15) is 40.9 Å². The average Bonchev–Trinajstić information content (AvgIpc) is 2.70. The molecule has 1 N–H and O–H groups in total. The summed E-state index contributed by atoms with van der Waals surface area (Å²) in [5.74, 6) is -0.769. The number of aromatic nitrogens is 1. The number of nitrogens with zero attached hydrogens (tertiary/aromatic N) is 1. The molecule has 2 aromatic rings. The molecule has 1 aromatic carbocycles. The van der Waals surface area contributed by atoms with E-state index in [9.17, 15) is 9.59 Å². The molecule has 2 rings (SSSR count). The Morgan fingerprint density at radius 3 is 2.75 bits per heavy atom. The fourth-order valence-corrected chi connectivity index (χ4v) is 2.59. The standard InChI is InChI=1S/C16H19NO3/c1-11-9-14-13(5-3-4-6-16(19)20)12(10-18)7-8-15(14)17(11)2/h7-10H,3-6H2,1-2H3,(H,19,20). The smallest absolute Gasteiger partial charge is 0.303 e. The number of carboxylic acids is 1. The number of carbonyl (C=O) groups excluding carboxylic acids is 1. The van der Waals surface area contributed by atoms with E-state index in [-0.39, 0.29) is 6.42 Å². The van der Waals surface area contributed by atoms with Crippen LogP contribution in [0.2, 0.25) is 0 Å². The van der Waals surface area contributed by atoms with Gasteiger partial charge >= 0.3 is 5.97 Å². The minimum absolute atomic E-state index is 0.181. The predicted molar refractivity (Wildman–Crippen MR) is 78.2 cm³/mol. The molecule has 106 valence electrons. The molecule has 0 fully saturated rings. The van der Waals surface area contributed by atoms with Gasteiger partial charge in [0.2, 0.25) is 0 Å². The van der Waals surface area contributed by atoms with Crippen molar-refractivity contribution in [1.29, 1.82) is 0 Å². The van der Waals surface area contributed by atoms with Crippen molar-refractivity contribution in [2.75, 3.05) is 0 Å². The number of hydrogen-bond donors (Lipinski definition) is 1. The molecule has 0 aliphatic rings. The summed E-state index contributed by atoms with van der Waals surface area (Å²) in [6, 6.07) is 5.91. The number of carboxylic acid groups (broad SMARTS) is 1. The van der Waals surface area contributed by atoms with E-state index in [2.05, 4.69) is 10.6 Å². The third-order valence-electron chi connectivity index (χ3n) is 3.81. The monoisotopic (exact) mass is 273 g/mol. The van der Waals surface area contributed by atoms with E-state index in [1.54, 1.807) is 0 Å². The summed E-state index contributed by atoms with van der Waals surface area (Å²) in [6.07, 6.45) is 3.21. The van der Waals surface area contributed by atoms with Crippen LogP contribution in [-0.2, 0) is 18.3 Å². The maximum atomic E-state index is 11.2. The van der Waals surface area contributed by atoms with Crippen LogP contribution in [0.25, 0.3) is 10.9 Å². The largest absolute Gasteiger partial charge is 0.481 e. The number of aldehydes is 1. The minimum atomic E-state index is -0.769. The molecule has 0 atom stereocenters. The molecular weight excluding hydrogens is 254 g/mol. The van der Waals surface area contributed by atoms with Gasteiger partial charge in [-0.25, -0.2) is 0 Å². The molecule has 0 spiro atoms. The van der Waals surface area contributed by atoms with Gasteiger partial charge in [-0.1, -0.05) is 0 Å². The zero-order chi connectivity index (χ0) is 14.7. The summed E-state index contributed by atoms with van der Waals surface area (Å²) in [4.78, 5) is 21.7. The Morgan fingerprint density at radius 1 is 1.35 bits per heavy atom. The summed E-state index contributed by atoms with van der Waals surface area (Å²) >= 11 is 0. The van der Waals surface area contributed by atoms with Gasteiger partial charge in [-0.3, -0.25) is 9.59 Å². The highest BCUT2D eigenvalue weighted by atomic mass is 16.4. The van der Waals surface area contributed by atoms with E-state index in [0.717, 1.165) is 41.3 Å². The zero-order valence-electron chi connectivity index (χ0n) is 11.8. The topological polar surface area (TPSA) is 59.3 Å². The van der Waals surface area contributed by atoms with Gasteiger partial charge in [-0.2, -0.15) is 0 Å². The summed E-state index contributed by atoms with van der Waals surface area (Å²) in [7, 11) is 2.01. The number of rotatable bonds is 6. The first-order chi connectivity index (χ1) is 9.54. The second-order valence-electron chi connectivity index (χ2n) is 5.13. The molecule has 0 aliphatic heterocycles. The molecule has 4 nitrogen and oxygen atoms in total. The van der Waals surface area contributed by atoms with Crippen molar-refractivity contribution >= 4 is 23.2 Å². The van der Waals surface area contributed by atoms with Crippen LogP contribution in [0.5, 0.6) is 0 Å². The second kappa shape index (κ2) is 5.90. The molecule has 1 heterocycles. The molecule has 20 heavy (non-hydrogen) atoms. The number of aryl methyl sites for hydroxylation is 3. The first-order valence-corrected chi connectivity index (χ1v) is 6.79. The Bertz CT molecular complexity index is 655. The maximum Gasteiger partial charge on any atom is 0.303 e. The third kappa shape index (κ3) is 2.74.